The molecule has 1 heterocycles. The van der Waals surface area contributed by atoms with Crippen molar-refractivity contribution in [3.05, 3.63) is 71.3 Å². The lowest BCUT2D eigenvalue weighted by atomic mass is 10.1. The van der Waals surface area contributed by atoms with Gasteiger partial charge in [-0.1, -0.05) is 60.2 Å². The van der Waals surface area contributed by atoms with E-state index >= 15 is 0 Å². The zero-order valence-corrected chi connectivity index (χ0v) is 16.4. The molecule has 2 aromatic carbocycles. The van der Waals surface area contributed by atoms with E-state index < -0.39 is 11.8 Å². The molecule has 1 atom stereocenters. The van der Waals surface area contributed by atoms with Crippen molar-refractivity contribution in [3.8, 4) is 0 Å². The number of amides is 3. The Balaban J connectivity index is 1.43. The van der Waals surface area contributed by atoms with Gasteiger partial charge in [0.15, 0.2) is 0 Å². The summed E-state index contributed by atoms with van der Waals surface area (Å²) in [5.41, 5.74) is 3.02. The first-order valence-electron chi connectivity index (χ1n) is 9.59. The quantitative estimate of drug-likeness (QED) is 0.748. The molecule has 1 fully saturated rings. The van der Waals surface area contributed by atoms with E-state index in [0.717, 1.165) is 16.7 Å². The van der Waals surface area contributed by atoms with Gasteiger partial charge in [-0.15, -0.1) is 0 Å². The van der Waals surface area contributed by atoms with Crippen molar-refractivity contribution in [2.45, 2.75) is 19.6 Å². The third kappa shape index (κ3) is 5.89. The van der Waals surface area contributed by atoms with Gasteiger partial charge in [-0.25, -0.2) is 0 Å². The molecule has 0 spiro atoms. The fourth-order valence-electron chi connectivity index (χ4n) is 3.06. The molecule has 0 aliphatic carbocycles. The average molecular weight is 395 g/mol. The number of carbonyl (C=O) groups excluding carboxylic acids is 3. The summed E-state index contributed by atoms with van der Waals surface area (Å²) in [4.78, 5) is 38.0. The van der Waals surface area contributed by atoms with E-state index in [1.54, 1.807) is 4.90 Å². The van der Waals surface area contributed by atoms with Gasteiger partial charge in [-0.05, 0) is 18.1 Å². The second kappa shape index (κ2) is 9.84. The fourth-order valence-corrected chi connectivity index (χ4v) is 3.06. The van der Waals surface area contributed by atoms with Crippen molar-refractivity contribution in [1.82, 2.24) is 15.5 Å². The third-order valence-corrected chi connectivity index (χ3v) is 4.77. The highest BCUT2D eigenvalue weighted by Gasteiger charge is 2.26. The molecule has 3 rings (SSSR count). The van der Waals surface area contributed by atoms with Gasteiger partial charge in [0.1, 0.15) is 6.10 Å². The van der Waals surface area contributed by atoms with Crippen molar-refractivity contribution in [2.75, 3.05) is 26.2 Å². The van der Waals surface area contributed by atoms with Crippen LogP contribution < -0.4 is 10.6 Å². The van der Waals surface area contributed by atoms with Crippen LogP contribution in [-0.4, -0.2) is 48.9 Å². The van der Waals surface area contributed by atoms with E-state index in [2.05, 4.69) is 10.6 Å². The highest BCUT2D eigenvalue weighted by Crippen LogP contribution is 2.21. The van der Waals surface area contributed by atoms with E-state index in [1.807, 2.05) is 61.5 Å². The molecule has 0 unspecified atom stereocenters. The predicted molar refractivity (Wildman–Crippen MR) is 108 cm³/mol. The standard InChI is InChI=1S/C22H25N3O4/c1-16-7-9-17(10-8-16)13-23-21(27)22(28)24-14-20(26)25-11-12-29-19(15-25)18-5-3-2-4-6-18/h2-10,19H,11-15H2,1H3,(H,23,27)(H,24,28)/t19-/m1/s1. The van der Waals surface area contributed by atoms with Crippen LogP contribution in [0.4, 0.5) is 0 Å². The topological polar surface area (TPSA) is 87.7 Å². The summed E-state index contributed by atoms with van der Waals surface area (Å²) in [5.74, 6) is -1.82. The molecule has 1 saturated heterocycles. The second-order valence-electron chi connectivity index (χ2n) is 6.96. The molecule has 2 aromatic rings. The molecular weight excluding hydrogens is 370 g/mol. The summed E-state index contributed by atoms with van der Waals surface area (Å²) in [5, 5.41) is 4.95. The van der Waals surface area contributed by atoms with Gasteiger partial charge in [0.2, 0.25) is 5.91 Å². The number of aryl methyl sites for hydroxylation is 1. The fraction of sp³-hybridized carbons (Fsp3) is 0.318. The van der Waals surface area contributed by atoms with Crippen molar-refractivity contribution in [2.24, 2.45) is 0 Å². The number of carbonyl (C=O) groups is 3. The molecule has 29 heavy (non-hydrogen) atoms. The molecule has 0 saturated carbocycles. The maximum atomic E-state index is 12.4. The summed E-state index contributed by atoms with van der Waals surface area (Å²) in [6, 6.07) is 17.3. The summed E-state index contributed by atoms with van der Waals surface area (Å²) in [6.07, 6.45) is -0.192. The van der Waals surface area contributed by atoms with Gasteiger partial charge < -0.3 is 20.3 Å². The Morgan fingerprint density at radius 2 is 1.69 bits per heavy atom. The van der Waals surface area contributed by atoms with Crippen LogP contribution in [0.2, 0.25) is 0 Å². The first-order valence-corrected chi connectivity index (χ1v) is 9.59. The summed E-state index contributed by atoms with van der Waals surface area (Å²) >= 11 is 0. The number of ether oxygens (including phenoxy) is 1. The summed E-state index contributed by atoms with van der Waals surface area (Å²) < 4.78 is 5.74. The van der Waals surface area contributed by atoms with Crippen molar-refractivity contribution in [3.63, 3.8) is 0 Å². The van der Waals surface area contributed by atoms with Crippen molar-refractivity contribution >= 4 is 17.7 Å². The maximum absolute atomic E-state index is 12.4. The Bertz CT molecular complexity index is 852. The van der Waals surface area contributed by atoms with Gasteiger partial charge in [-0.3, -0.25) is 14.4 Å². The van der Waals surface area contributed by atoms with E-state index in [4.69, 9.17) is 4.74 Å². The highest BCUT2D eigenvalue weighted by atomic mass is 16.5. The molecule has 152 valence electrons. The van der Waals surface area contributed by atoms with Crippen LogP contribution in [0.3, 0.4) is 0 Å². The molecular formula is C22H25N3O4. The van der Waals surface area contributed by atoms with Crippen LogP contribution in [0.25, 0.3) is 0 Å². The zero-order valence-electron chi connectivity index (χ0n) is 16.4. The molecule has 0 aromatic heterocycles. The average Bonchev–Trinajstić information content (AvgIpc) is 2.77. The normalized spacial score (nSPS) is 16.2. The van der Waals surface area contributed by atoms with E-state index in [1.165, 1.54) is 0 Å². The Hall–Kier alpha value is -3.19. The second-order valence-corrected chi connectivity index (χ2v) is 6.96. The van der Waals surface area contributed by atoms with Crippen molar-refractivity contribution < 1.29 is 19.1 Å². The minimum absolute atomic E-state index is 0.192. The van der Waals surface area contributed by atoms with Crippen LogP contribution >= 0.6 is 0 Å². The van der Waals surface area contributed by atoms with Crippen LogP contribution in [0.5, 0.6) is 0 Å². The Morgan fingerprint density at radius 3 is 2.41 bits per heavy atom. The van der Waals surface area contributed by atoms with E-state index in [-0.39, 0.29) is 25.1 Å². The van der Waals surface area contributed by atoms with Gasteiger partial charge in [0.25, 0.3) is 0 Å². The number of rotatable bonds is 5. The smallest absolute Gasteiger partial charge is 0.309 e. The Labute approximate surface area is 170 Å². The lowest BCUT2D eigenvalue weighted by molar-refractivity contribution is -0.142. The number of morpholine rings is 1. The van der Waals surface area contributed by atoms with Crippen molar-refractivity contribution in [1.29, 1.82) is 0 Å². The summed E-state index contributed by atoms with van der Waals surface area (Å²) in [7, 11) is 0. The number of nitrogens with zero attached hydrogens (tertiary/aromatic N) is 1. The van der Waals surface area contributed by atoms with E-state index in [0.29, 0.717) is 19.7 Å². The van der Waals surface area contributed by atoms with Gasteiger partial charge in [0.05, 0.1) is 19.7 Å². The lowest BCUT2D eigenvalue weighted by Gasteiger charge is -2.33. The maximum Gasteiger partial charge on any atom is 0.309 e. The third-order valence-electron chi connectivity index (χ3n) is 4.77. The SMILES string of the molecule is Cc1ccc(CNC(=O)C(=O)NCC(=O)N2CCO[C@@H](c3ccccc3)C2)cc1. The van der Waals surface area contributed by atoms with Gasteiger partial charge in [0, 0.05) is 13.1 Å². The molecule has 1 aliphatic heterocycles. The number of hydrogen-bond acceptors (Lipinski definition) is 4. The molecule has 0 radical (unpaired) electrons. The Kier molecular flexibility index (Phi) is 6.97. The molecule has 7 heteroatoms. The highest BCUT2D eigenvalue weighted by molar-refractivity contribution is 6.35. The minimum Gasteiger partial charge on any atom is -0.370 e. The first-order chi connectivity index (χ1) is 14.0. The minimum atomic E-state index is -0.821. The predicted octanol–water partition coefficient (Wildman–Crippen LogP) is 1.33. The molecule has 3 amide bonds. The number of benzene rings is 2. The largest absolute Gasteiger partial charge is 0.370 e. The van der Waals surface area contributed by atoms with Crippen LogP contribution in [0.1, 0.15) is 22.8 Å². The van der Waals surface area contributed by atoms with Gasteiger partial charge >= 0.3 is 11.8 Å². The van der Waals surface area contributed by atoms with Gasteiger partial charge in [-0.2, -0.15) is 0 Å². The summed E-state index contributed by atoms with van der Waals surface area (Å²) in [6.45, 7) is 3.30. The van der Waals surface area contributed by atoms with Crippen LogP contribution in [0.15, 0.2) is 54.6 Å². The molecule has 7 nitrogen and oxygen atoms in total. The molecule has 1 aliphatic rings. The number of hydrogen-bond donors (Lipinski definition) is 2. The monoisotopic (exact) mass is 395 g/mol. The van der Waals surface area contributed by atoms with Crippen LogP contribution in [0, 0.1) is 6.92 Å². The van der Waals surface area contributed by atoms with Crippen LogP contribution in [-0.2, 0) is 25.7 Å². The molecule has 0 bridgehead atoms. The Morgan fingerprint density at radius 1 is 1.00 bits per heavy atom. The lowest BCUT2D eigenvalue weighted by Crippen LogP contribution is -2.48. The zero-order chi connectivity index (χ0) is 20.6. The van der Waals surface area contributed by atoms with E-state index in [9.17, 15) is 14.4 Å². The molecule has 2 N–H and O–H groups in total. The first kappa shape index (κ1) is 20.5. The number of nitrogens with one attached hydrogen (secondary N) is 2.